The SMILES string of the molecule is C[C@H]1C[C@@H]1C(=O)N1CCN(CC(=O)Nc2ccc(F)cc2)CC1. The van der Waals surface area contributed by atoms with E-state index in [1.54, 1.807) is 12.1 Å². The largest absolute Gasteiger partial charge is 0.340 e. The summed E-state index contributed by atoms with van der Waals surface area (Å²) in [6.07, 6.45) is 1.01. The second-order valence-electron chi connectivity index (χ2n) is 6.48. The minimum absolute atomic E-state index is 0.118. The molecule has 1 saturated carbocycles. The Balaban J connectivity index is 1.42. The van der Waals surface area contributed by atoms with Crippen molar-refractivity contribution in [2.45, 2.75) is 13.3 Å². The van der Waals surface area contributed by atoms with Gasteiger partial charge in [-0.15, -0.1) is 0 Å². The van der Waals surface area contributed by atoms with Crippen LogP contribution in [-0.2, 0) is 9.59 Å². The molecule has 6 heteroatoms. The lowest BCUT2D eigenvalue weighted by molar-refractivity contribution is -0.134. The second-order valence-corrected chi connectivity index (χ2v) is 6.48. The zero-order valence-electron chi connectivity index (χ0n) is 13.3. The zero-order valence-corrected chi connectivity index (χ0v) is 13.3. The van der Waals surface area contributed by atoms with E-state index in [4.69, 9.17) is 0 Å². The van der Waals surface area contributed by atoms with Crippen LogP contribution in [0.2, 0.25) is 0 Å². The third kappa shape index (κ3) is 4.07. The van der Waals surface area contributed by atoms with Crippen LogP contribution >= 0.6 is 0 Å². The molecule has 1 aliphatic heterocycles. The Morgan fingerprint density at radius 3 is 2.35 bits per heavy atom. The first-order valence-electron chi connectivity index (χ1n) is 8.09. The Hall–Kier alpha value is -1.95. The minimum atomic E-state index is -0.325. The first-order chi connectivity index (χ1) is 11.0. The number of anilines is 1. The molecule has 5 nitrogen and oxygen atoms in total. The molecule has 0 bridgehead atoms. The maximum absolute atomic E-state index is 12.8. The average Bonchev–Trinajstić information content (AvgIpc) is 3.26. The van der Waals surface area contributed by atoms with E-state index >= 15 is 0 Å². The van der Waals surface area contributed by atoms with Gasteiger partial charge in [-0.3, -0.25) is 14.5 Å². The van der Waals surface area contributed by atoms with Crippen molar-refractivity contribution in [2.24, 2.45) is 11.8 Å². The Kier molecular flexibility index (Phi) is 4.61. The molecule has 2 atom stereocenters. The number of piperazine rings is 1. The summed E-state index contributed by atoms with van der Waals surface area (Å²) in [7, 11) is 0. The predicted molar refractivity (Wildman–Crippen MR) is 85.3 cm³/mol. The highest BCUT2D eigenvalue weighted by atomic mass is 19.1. The monoisotopic (exact) mass is 319 g/mol. The van der Waals surface area contributed by atoms with Crippen LogP contribution in [-0.4, -0.2) is 54.3 Å². The van der Waals surface area contributed by atoms with Crippen molar-refractivity contribution in [3.05, 3.63) is 30.1 Å². The average molecular weight is 319 g/mol. The van der Waals surface area contributed by atoms with Crippen molar-refractivity contribution in [2.75, 3.05) is 38.0 Å². The van der Waals surface area contributed by atoms with E-state index in [-0.39, 0.29) is 23.5 Å². The Bertz CT molecular complexity index is 582. The molecule has 1 aromatic rings. The second kappa shape index (κ2) is 6.66. The van der Waals surface area contributed by atoms with Gasteiger partial charge in [0.25, 0.3) is 0 Å². The van der Waals surface area contributed by atoms with Crippen LogP contribution in [0.5, 0.6) is 0 Å². The molecule has 0 radical (unpaired) electrons. The fraction of sp³-hybridized carbons (Fsp3) is 0.529. The summed E-state index contributed by atoms with van der Waals surface area (Å²) in [4.78, 5) is 28.1. The standard InChI is InChI=1S/C17H22FN3O2/c1-12-10-15(12)17(23)21-8-6-20(7-9-21)11-16(22)19-14-4-2-13(18)3-5-14/h2-5,12,15H,6-11H2,1H3,(H,19,22)/t12-,15-/m0/s1. The van der Waals surface area contributed by atoms with E-state index in [1.807, 2.05) is 9.80 Å². The number of hydrogen-bond donors (Lipinski definition) is 1. The summed E-state index contributed by atoms with van der Waals surface area (Å²) < 4.78 is 12.8. The van der Waals surface area contributed by atoms with Crippen molar-refractivity contribution in [1.29, 1.82) is 0 Å². The van der Waals surface area contributed by atoms with Gasteiger partial charge in [0.15, 0.2) is 0 Å². The summed E-state index contributed by atoms with van der Waals surface area (Å²) in [5.74, 6) is 0.583. The fourth-order valence-corrected chi connectivity index (χ4v) is 2.96. The molecule has 1 saturated heterocycles. The summed E-state index contributed by atoms with van der Waals surface area (Å²) in [6, 6.07) is 5.72. The number of benzene rings is 1. The van der Waals surface area contributed by atoms with E-state index in [1.165, 1.54) is 12.1 Å². The van der Waals surface area contributed by atoms with Crippen LogP contribution in [0.3, 0.4) is 0 Å². The van der Waals surface area contributed by atoms with Crippen LogP contribution in [0, 0.1) is 17.7 Å². The number of rotatable bonds is 4. The van der Waals surface area contributed by atoms with Crippen molar-refractivity contribution < 1.29 is 14.0 Å². The van der Waals surface area contributed by atoms with Gasteiger partial charge in [0, 0.05) is 37.8 Å². The van der Waals surface area contributed by atoms with E-state index in [0.29, 0.717) is 44.3 Å². The fourth-order valence-electron chi connectivity index (χ4n) is 2.96. The predicted octanol–water partition coefficient (Wildman–Crippen LogP) is 1.56. The third-order valence-electron chi connectivity index (χ3n) is 4.61. The molecule has 2 amide bonds. The lowest BCUT2D eigenvalue weighted by atomic mass is 10.2. The van der Waals surface area contributed by atoms with Gasteiger partial charge in [-0.05, 0) is 36.6 Å². The molecule has 2 fully saturated rings. The van der Waals surface area contributed by atoms with Gasteiger partial charge < -0.3 is 10.2 Å². The van der Waals surface area contributed by atoms with Gasteiger partial charge in [-0.25, -0.2) is 4.39 Å². The molecule has 3 rings (SSSR count). The Morgan fingerprint density at radius 2 is 1.78 bits per heavy atom. The van der Waals surface area contributed by atoms with Gasteiger partial charge in [0.05, 0.1) is 6.54 Å². The lowest BCUT2D eigenvalue weighted by Crippen LogP contribution is -2.51. The lowest BCUT2D eigenvalue weighted by Gasteiger charge is -2.34. The molecule has 1 N–H and O–H groups in total. The van der Waals surface area contributed by atoms with E-state index in [2.05, 4.69) is 12.2 Å². The number of carbonyl (C=O) groups excluding carboxylic acids is 2. The van der Waals surface area contributed by atoms with E-state index in [0.717, 1.165) is 6.42 Å². The van der Waals surface area contributed by atoms with Gasteiger partial charge in [0.1, 0.15) is 5.82 Å². The first kappa shape index (κ1) is 15.9. The van der Waals surface area contributed by atoms with Crippen LogP contribution in [0.1, 0.15) is 13.3 Å². The van der Waals surface area contributed by atoms with Crippen LogP contribution < -0.4 is 5.32 Å². The molecule has 1 aliphatic carbocycles. The smallest absolute Gasteiger partial charge is 0.238 e. The highest BCUT2D eigenvalue weighted by Gasteiger charge is 2.41. The molecule has 0 spiro atoms. The molecule has 124 valence electrons. The van der Waals surface area contributed by atoms with Crippen LogP contribution in [0.15, 0.2) is 24.3 Å². The van der Waals surface area contributed by atoms with Crippen molar-refractivity contribution in [1.82, 2.24) is 9.80 Å². The first-order valence-corrected chi connectivity index (χ1v) is 8.09. The van der Waals surface area contributed by atoms with E-state index in [9.17, 15) is 14.0 Å². The number of halogens is 1. The van der Waals surface area contributed by atoms with Gasteiger partial charge >= 0.3 is 0 Å². The van der Waals surface area contributed by atoms with Crippen LogP contribution in [0.25, 0.3) is 0 Å². The molecule has 0 unspecified atom stereocenters. The Morgan fingerprint density at radius 1 is 1.17 bits per heavy atom. The van der Waals surface area contributed by atoms with E-state index < -0.39 is 0 Å². The van der Waals surface area contributed by atoms with Crippen molar-refractivity contribution in [3.8, 4) is 0 Å². The topological polar surface area (TPSA) is 52.7 Å². The highest BCUT2D eigenvalue weighted by Crippen LogP contribution is 2.39. The van der Waals surface area contributed by atoms with Crippen molar-refractivity contribution in [3.63, 3.8) is 0 Å². The van der Waals surface area contributed by atoms with Gasteiger partial charge in [-0.2, -0.15) is 0 Å². The summed E-state index contributed by atoms with van der Waals surface area (Å²) in [5, 5.41) is 2.76. The minimum Gasteiger partial charge on any atom is -0.340 e. The summed E-state index contributed by atoms with van der Waals surface area (Å²) >= 11 is 0. The van der Waals surface area contributed by atoms with Gasteiger partial charge in [-0.1, -0.05) is 6.92 Å². The molecule has 0 aromatic heterocycles. The van der Waals surface area contributed by atoms with Crippen LogP contribution in [0.4, 0.5) is 10.1 Å². The number of nitrogens with zero attached hydrogens (tertiary/aromatic N) is 2. The molecule has 1 aromatic carbocycles. The quantitative estimate of drug-likeness (QED) is 0.916. The molecular weight excluding hydrogens is 297 g/mol. The number of amides is 2. The zero-order chi connectivity index (χ0) is 16.4. The van der Waals surface area contributed by atoms with Gasteiger partial charge in [0.2, 0.25) is 11.8 Å². The highest BCUT2D eigenvalue weighted by molar-refractivity contribution is 5.92. The number of hydrogen-bond acceptors (Lipinski definition) is 3. The normalized spacial score (nSPS) is 24.3. The maximum Gasteiger partial charge on any atom is 0.238 e. The molecule has 23 heavy (non-hydrogen) atoms. The Labute approximate surface area is 135 Å². The van der Waals surface area contributed by atoms with Crippen molar-refractivity contribution >= 4 is 17.5 Å². The molecular formula is C17H22FN3O2. The summed E-state index contributed by atoms with van der Waals surface area (Å²) in [6.45, 7) is 5.20. The molecule has 2 aliphatic rings. The summed E-state index contributed by atoms with van der Waals surface area (Å²) in [5.41, 5.74) is 0.591. The molecule has 1 heterocycles. The maximum atomic E-state index is 12.8. The number of carbonyl (C=O) groups is 2. The number of nitrogens with one attached hydrogen (secondary N) is 1. The third-order valence-corrected chi connectivity index (χ3v) is 4.61.